The summed E-state index contributed by atoms with van der Waals surface area (Å²) >= 11 is 0. The molecule has 2 saturated heterocycles. The average molecular weight is 696 g/mol. The molecule has 2 aromatic heterocycles. The van der Waals surface area contributed by atoms with Crippen LogP contribution < -0.4 is 4.90 Å². The van der Waals surface area contributed by atoms with Crippen LogP contribution in [0.2, 0.25) is 0 Å². The molecule has 262 valence electrons. The summed E-state index contributed by atoms with van der Waals surface area (Å²) in [5, 5.41) is 27.8. The quantitative estimate of drug-likeness (QED) is 0.197. The van der Waals surface area contributed by atoms with E-state index < -0.39 is 11.0 Å². The van der Waals surface area contributed by atoms with Gasteiger partial charge in [0.1, 0.15) is 18.1 Å². The monoisotopic (exact) mass is 695 g/mol. The van der Waals surface area contributed by atoms with Crippen molar-refractivity contribution >= 4 is 34.0 Å². The topological polar surface area (TPSA) is 132 Å². The number of nitriles is 1. The molecular formula is C39H45N5O5S. The van der Waals surface area contributed by atoms with Crippen molar-refractivity contribution in [3.63, 3.8) is 0 Å². The number of aromatic hydroxyl groups is 1. The molecule has 1 unspecified atom stereocenters. The van der Waals surface area contributed by atoms with Crippen LogP contribution in [0.1, 0.15) is 32.3 Å². The molecule has 10 nitrogen and oxygen atoms in total. The largest absolute Gasteiger partial charge is 0.507 e. The number of nitrogens with zero attached hydrogens (tertiary/aromatic N) is 5. The number of anilines is 1. The van der Waals surface area contributed by atoms with Gasteiger partial charge in [0.05, 0.1) is 36.0 Å². The van der Waals surface area contributed by atoms with Gasteiger partial charge in [-0.15, -0.1) is 0 Å². The van der Waals surface area contributed by atoms with Crippen LogP contribution in [0.4, 0.5) is 5.69 Å². The lowest BCUT2D eigenvalue weighted by Crippen LogP contribution is -2.36. The van der Waals surface area contributed by atoms with E-state index in [1.807, 2.05) is 74.5 Å². The fourth-order valence-corrected chi connectivity index (χ4v) is 6.91. The first-order valence-electron chi connectivity index (χ1n) is 16.8. The number of rotatable bonds is 6. The van der Waals surface area contributed by atoms with Gasteiger partial charge in [-0.25, -0.2) is 13.2 Å². The van der Waals surface area contributed by atoms with E-state index in [2.05, 4.69) is 34.0 Å². The normalized spacial score (nSPS) is 14.6. The minimum Gasteiger partial charge on any atom is -0.507 e. The molecule has 3 aromatic carbocycles. The summed E-state index contributed by atoms with van der Waals surface area (Å²) in [5.41, 5.74) is 5.18. The van der Waals surface area contributed by atoms with Crippen LogP contribution in [0.5, 0.6) is 5.75 Å². The highest BCUT2D eigenvalue weighted by molar-refractivity contribution is 7.83. The Balaban J connectivity index is 0.000000403. The number of hydrogen-bond acceptors (Lipinski definition) is 9. The number of carbonyl (C=O) groups is 1. The minimum absolute atomic E-state index is 0.0645. The van der Waals surface area contributed by atoms with E-state index in [1.165, 1.54) is 32.0 Å². The number of aliphatic hydroxyl groups is 1. The first-order chi connectivity index (χ1) is 24.4. The van der Waals surface area contributed by atoms with Crippen molar-refractivity contribution < 1.29 is 24.0 Å². The lowest BCUT2D eigenvalue weighted by atomic mass is 10.0. The molecule has 50 heavy (non-hydrogen) atoms. The average Bonchev–Trinajstić information content (AvgIpc) is 3.83. The van der Waals surface area contributed by atoms with E-state index in [9.17, 15) is 14.6 Å². The van der Waals surface area contributed by atoms with Gasteiger partial charge in [-0.2, -0.15) is 5.26 Å². The molecule has 0 bridgehead atoms. The third-order valence-corrected chi connectivity index (χ3v) is 9.52. The lowest BCUT2D eigenvalue weighted by molar-refractivity contribution is -0.110. The molecule has 0 aliphatic carbocycles. The number of phenolic OH excluding ortho intramolecular Hbond substituents is 1. The second kappa shape index (κ2) is 19.4. The standard InChI is InChI=1S/C30H24N4O3S.C5H11N.C2H4O2.C2H6/c31-20-23-18-22(8-11-29(23)35)26-12-13-32-30-27(26)19-28(34(30)38(36)25-4-2-1-3-5-25)21-6-9-24(10-7-21)33-14-16-37-17-15-33;1-6-4-2-3-5-6;3-1-2-4;1-2/h1-13,18-19,35H,14-17H2;2-5H2,1H3;1,4H,2H2;1-2H3. The number of hydrogen-bond donors (Lipinski definition) is 2. The van der Waals surface area contributed by atoms with Crippen molar-refractivity contribution in [3.8, 4) is 34.2 Å². The van der Waals surface area contributed by atoms with Crippen LogP contribution in [0.3, 0.4) is 0 Å². The number of ether oxygens (including phenoxy) is 1. The highest BCUT2D eigenvalue weighted by Crippen LogP contribution is 2.37. The van der Waals surface area contributed by atoms with E-state index in [1.54, 1.807) is 22.3 Å². The second-order valence-electron chi connectivity index (χ2n) is 11.3. The maximum Gasteiger partial charge on any atom is 0.158 e. The number of aldehydes is 1. The number of pyridine rings is 1. The molecule has 4 heterocycles. The summed E-state index contributed by atoms with van der Waals surface area (Å²) in [5.74, 6) is -0.0645. The zero-order valence-electron chi connectivity index (χ0n) is 28.9. The molecule has 0 amide bonds. The summed E-state index contributed by atoms with van der Waals surface area (Å²) in [6.07, 6.45) is 4.94. The Morgan fingerprint density at radius 2 is 1.56 bits per heavy atom. The Kier molecular flexibility index (Phi) is 14.7. The third-order valence-electron chi connectivity index (χ3n) is 8.14. The predicted octanol–water partition coefficient (Wildman–Crippen LogP) is 6.27. The summed E-state index contributed by atoms with van der Waals surface area (Å²) < 4.78 is 21.2. The summed E-state index contributed by atoms with van der Waals surface area (Å²) in [6.45, 7) is 9.40. The maximum absolute atomic E-state index is 14.0. The molecule has 11 heteroatoms. The highest BCUT2D eigenvalue weighted by atomic mass is 32.2. The number of aliphatic hydroxyl groups excluding tert-OH is 1. The highest BCUT2D eigenvalue weighted by Gasteiger charge is 2.21. The van der Waals surface area contributed by atoms with Crippen LogP contribution in [0.15, 0.2) is 96.0 Å². The molecule has 7 rings (SSSR count). The number of likely N-dealkylation sites (tertiary alicyclic amines) is 1. The lowest BCUT2D eigenvalue weighted by Gasteiger charge is -2.28. The first-order valence-corrected chi connectivity index (χ1v) is 17.9. The number of fused-ring (bicyclic) bond motifs is 1. The molecule has 5 aromatic rings. The number of phenols is 1. The van der Waals surface area contributed by atoms with Gasteiger partial charge in [-0.3, -0.25) is 0 Å². The van der Waals surface area contributed by atoms with Crippen molar-refractivity contribution in [3.05, 3.63) is 96.7 Å². The molecule has 0 saturated carbocycles. The molecule has 2 N–H and O–H groups in total. The van der Waals surface area contributed by atoms with E-state index in [0.717, 1.165) is 46.5 Å². The molecule has 1 atom stereocenters. The Morgan fingerprint density at radius 1 is 0.920 bits per heavy atom. The van der Waals surface area contributed by atoms with E-state index in [4.69, 9.17) is 14.6 Å². The summed E-state index contributed by atoms with van der Waals surface area (Å²) in [4.78, 5) is 18.9. The van der Waals surface area contributed by atoms with Crippen LogP contribution in [0, 0.1) is 11.3 Å². The summed E-state index contributed by atoms with van der Waals surface area (Å²) in [6, 6.07) is 28.4. The van der Waals surface area contributed by atoms with Crippen LogP contribution in [-0.2, 0) is 20.5 Å². The minimum atomic E-state index is -1.55. The Morgan fingerprint density at radius 3 is 2.14 bits per heavy atom. The summed E-state index contributed by atoms with van der Waals surface area (Å²) in [7, 11) is 0.622. The van der Waals surface area contributed by atoms with Gasteiger partial charge in [-0.05, 0) is 98.2 Å². The van der Waals surface area contributed by atoms with Crippen molar-refractivity contribution in [1.82, 2.24) is 13.9 Å². The zero-order valence-corrected chi connectivity index (χ0v) is 29.7. The van der Waals surface area contributed by atoms with Gasteiger partial charge in [-0.1, -0.05) is 50.2 Å². The molecule has 0 spiro atoms. The van der Waals surface area contributed by atoms with E-state index in [-0.39, 0.29) is 17.9 Å². The fourth-order valence-electron chi connectivity index (χ4n) is 5.67. The number of morpholine rings is 1. The second-order valence-corrected chi connectivity index (χ2v) is 12.7. The van der Waals surface area contributed by atoms with Crippen LogP contribution >= 0.6 is 0 Å². The maximum atomic E-state index is 14.0. The fraction of sp³-hybridized carbons (Fsp3) is 0.308. The third kappa shape index (κ3) is 9.43. The SMILES string of the molecule is CC.CN1CCCC1.N#Cc1cc(-c2ccnc3c2cc(-c2ccc(N4CCOCC4)cc2)n3S(=O)c2ccccc2)ccc1O.O=CCO. The van der Waals surface area contributed by atoms with Gasteiger partial charge >= 0.3 is 0 Å². The number of aromatic nitrogens is 2. The van der Waals surface area contributed by atoms with Gasteiger partial charge in [0.15, 0.2) is 16.6 Å². The van der Waals surface area contributed by atoms with Gasteiger partial charge in [0.2, 0.25) is 0 Å². The van der Waals surface area contributed by atoms with Crippen LogP contribution in [0.25, 0.3) is 33.4 Å². The van der Waals surface area contributed by atoms with Crippen molar-refractivity contribution in [1.29, 1.82) is 5.26 Å². The molecule has 2 aliphatic heterocycles. The predicted molar refractivity (Wildman–Crippen MR) is 199 cm³/mol. The smallest absolute Gasteiger partial charge is 0.158 e. The molecule has 2 aliphatic rings. The van der Waals surface area contributed by atoms with Crippen LogP contribution in [-0.4, -0.2) is 87.6 Å². The van der Waals surface area contributed by atoms with E-state index in [0.29, 0.717) is 30.0 Å². The Bertz CT molecular complexity index is 1880. The number of benzene rings is 3. The van der Waals surface area contributed by atoms with Crippen molar-refractivity contribution in [2.75, 3.05) is 57.9 Å². The van der Waals surface area contributed by atoms with Gasteiger partial charge < -0.3 is 29.5 Å². The molecule has 2 fully saturated rings. The van der Waals surface area contributed by atoms with Gasteiger partial charge in [0, 0.05) is 30.4 Å². The van der Waals surface area contributed by atoms with E-state index >= 15 is 0 Å². The Hall–Kier alpha value is -4.86. The van der Waals surface area contributed by atoms with Crippen molar-refractivity contribution in [2.24, 2.45) is 0 Å². The first kappa shape index (κ1) is 38.0. The van der Waals surface area contributed by atoms with Gasteiger partial charge in [0.25, 0.3) is 0 Å². The molecule has 0 radical (unpaired) electrons. The molecular weight excluding hydrogens is 651 g/mol. The number of carbonyl (C=O) groups excluding carboxylic acids is 1. The van der Waals surface area contributed by atoms with Crippen molar-refractivity contribution in [2.45, 2.75) is 31.6 Å². The zero-order chi connectivity index (χ0) is 35.9. The Labute approximate surface area is 296 Å².